The van der Waals surface area contributed by atoms with Crippen LogP contribution in [0.25, 0.3) is 0 Å². The van der Waals surface area contributed by atoms with Crippen LogP contribution in [0.15, 0.2) is 30.5 Å². The van der Waals surface area contributed by atoms with Gasteiger partial charge in [-0.2, -0.15) is 0 Å². The average molecular weight is 278 g/mol. The Hall–Kier alpha value is -2.27. The highest BCUT2D eigenvalue weighted by atomic mass is 35.5. The van der Waals surface area contributed by atoms with E-state index in [4.69, 9.17) is 27.8 Å². The van der Waals surface area contributed by atoms with Gasteiger partial charge in [0.15, 0.2) is 5.75 Å². The lowest BCUT2D eigenvalue weighted by Crippen LogP contribution is -2.13. The van der Waals surface area contributed by atoms with Crippen LogP contribution in [0.5, 0.6) is 11.5 Å². The molecule has 98 valence electrons. The van der Waals surface area contributed by atoms with Crippen LogP contribution >= 0.6 is 11.6 Å². The van der Waals surface area contributed by atoms with Crippen molar-refractivity contribution in [3.05, 3.63) is 46.7 Å². The summed E-state index contributed by atoms with van der Waals surface area (Å²) < 4.78 is 5.64. The van der Waals surface area contributed by atoms with E-state index in [0.717, 1.165) is 0 Å². The predicted octanol–water partition coefficient (Wildman–Crippen LogP) is 2.52. The highest BCUT2D eigenvalue weighted by Crippen LogP contribution is 2.35. The van der Waals surface area contributed by atoms with Crippen LogP contribution in [-0.4, -0.2) is 10.9 Å². The van der Waals surface area contributed by atoms with E-state index < -0.39 is 5.91 Å². The number of aromatic nitrogens is 1. The second-order valence-electron chi connectivity index (χ2n) is 3.93. The molecule has 0 unspecified atom stereocenters. The number of pyridine rings is 1. The average Bonchev–Trinajstić information content (AvgIpc) is 2.34. The first-order valence-corrected chi connectivity index (χ1v) is 5.85. The van der Waals surface area contributed by atoms with E-state index in [1.54, 1.807) is 25.3 Å². The molecule has 4 N–H and O–H groups in total. The van der Waals surface area contributed by atoms with E-state index in [2.05, 4.69) is 4.98 Å². The smallest absolute Gasteiger partial charge is 0.252 e. The van der Waals surface area contributed by atoms with Gasteiger partial charge in [-0.05, 0) is 31.2 Å². The minimum atomic E-state index is -0.661. The quantitative estimate of drug-likeness (QED) is 0.843. The lowest BCUT2D eigenvalue weighted by atomic mass is 10.1. The Bertz CT molecular complexity index is 644. The van der Waals surface area contributed by atoms with Crippen LogP contribution in [0.2, 0.25) is 5.02 Å². The number of carbonyl (C=O) groups excluding carboxylic acids is 1. The predicted molar refractivity (Wildman–Crippen MR) is 73.4 cm³/mol. The number of rotatable bonds is 3. The molecule has 5 nitrogen and oxygen atoms in total. The maximum atomic E-state index is 11.4. The molecule has 1 amide bonds. The molecule has 6 heteroatoms. The van der Waals surface area contributed by atoms with E-state index in [1.807, 2.05) is 0 Å². The molecule has 1 aromatic carbocycles. The summed E-state index contributed by atoms with van der Waals surface area (Å²) in [6.07, 6.45) is 1.64. The summed E-state index contributed by atoms with van der Waals surface area (Å²) in [6.45, 7) is 1.78. The molecule has 1 aromatic heterocycles. The van der Waals surface area contributed by atoms with Gasteiger partial charge in [-0.15, -0.1) is 0 Å². The molecule has 0 aliphatic carbocycles. The van der Waals surface area contributed by atoms with Crippen LogP contribution < -0.4 is 16.2 Å². The standard InChI is InChI=1S/C13H12ClN3O2/c1-7-11(3-2-4-17-7)19-12-9(13(16)18)5-8(15)6-10(12)14/h2-6H,15H2,1H3,(H2,16,18). The van der Waals surface area contributed by atoms with Gasteiger partial charge in [0.25, 0.3) is 5.91 Å². The first kappa shape index (κ1) is 13.2. The minimum Gasteiger partial charge on any atom is -0.453 e. The Kier molecular flexibility index (Phi) is 3.57. The molecule has 0 spiro atoms. The fraction of sp³-hybridized carbons (Fsp3) is 0.0769. The Balaban J connectivity index is 2.51. The van der Waals surface area contributed by atoms with Crippen molar-refractivity contribution in [3.8, 4) is 11.5 Å². The van der Waals surface area contributed by atoms with Crippen molar-refractivity contribution in [2.75, 3.05) is 5.73 Å². The second-order valence-corrected chi connectivity index (χ2v) is 4.34. The van der Waals surface area contributed by atoms with E-state index in [0.29, 0.717) is 17.1 Å². The third-order valence-electron chi connectivity index (χ3n) is 2.50. The molecular formula is C13H12ClN3O2. The van der Waals surface area contributed by atoms with Crippen LogP contribution in [0, 0.1) is 6.92 Å². The summed E-state index contributed by atoms with van der Waals surface area (Å²) >= 11 is 6.05. The number of benzene rings is 1. The zero-order valence-corrected chi connectivity index (χ0v) is 10.9. The Morgan fingerprint density at radius 3 is 2.79 bits per heavy atom. The molecule has 1 heterocycles. The number of hydrogen-bond donors (Lipinski definition) is 2. The number of aryl methyl sites for hydroxylation is 1. The van der Waals surface area contributed by atoms with Crippen LogP contribution in [0.3, 0.4) is 0 Å². The molecule has 2 aromatic rings. The molecule has 2 rings (SSSR count). The molecule has 0 fully saturated rings. The van der Waals surface area contributed by atoms with Crippen molar-refractivity contribution in [1.29, 1.82) is 0 Å². The fourth-order valence-corrected chi connectivity index (χ4v) is 1.85. The van der Waals surface area contributed by atoms with Gasteiger partial charge < -0.3 is 16.2 Å². The van der Waals surface area contributed by atoms with Gasteiger partial charge >= 0.3 is 0 Å². The van der Waals surface area contributed by atoms with Crippen molar-refractivity contribution >= 4 is 23.2 Å². The third kappa shape index (κ3) is 2.77. The number of anilines is 1. The van der Waals surface area contributed by atoms with Crippen molar-refractivity contribution in [2.24, 2.45) is 5.73 Å². The largest absolute Gasteiger partial charge is 0.453 e. The summed E-state index contributed by atoms with van der Waals surface area (Å²) in [5.41, 5.74) is 12.1. The zero-order chi connectivity index (χ0) is 14.0. The maximum Gasteiger partial charge on any atom is 0.252 e. The molecule has 0 bridgehead atoms. The fourth-order valence-electron chi connectivity index (χ4n) is 1.59. The van der Waals surface area contributed by atoms with Crippen molar-refractivity contribution in [2.45, 2.75) is 6.92 Å². The second kappa shape index (κ2) is 5.16. The minimum absolute atomic E-state index is 0.133. The summed E-state index contributed by atoms with van der Waals surface area (Å²) in [5, 5.41) is 0.219. The number of nitrogens with zero attached hydrogens (tertiary/aromatic N) is 1. The van der Waals surface area contributed by atoms with Gasteiger partial charge in [0.1, 0.15) is 5.75 Å². The van der Waals surface area contributed by atoms with Gasteiger partial charge in [0.2, 0.25) is 0 Å². The van der Waals surface area contributed by atoms with Gasteiger partial charge in [-0.25, -0.2) is 0 Å². The van der Waals surface area contributed by atoms with Crippen LogP contribution in [0.1, 0.15) is 16.1 Å². The SMILES string of the molecule is Cc1ncccc1Oc1c(Cl)cc(N)cc1C(N)=O. The number of hydrogen-bond acceptors (Lipinski definition) is 4. The highest BCUT2D eigenvalue weighted by Gasteiger charge is 2.16. The molecule has 0 atom stereocenters. The Labute approximate surface area is 115 Å². The van der Waals surface area contributed by atoms with Gasteiger partial charge in [-0.1, -0.05) is 11.6 Å². The number of carbonyl (C=O) groups is 1. The molecule has 0 aliphatic rings. The number of nitrogens with two attached hydrogens (primary N) is 2. The van der Waals surface area contributed by atoms with Crippen LogP contribution in [0.4, 0.5) is 5.69 Å². The first-order chi connectivity index (χ1) is 8.99. The van der Waals surface area contributed by atoms with E-state index in [9.17, 15) is 4.79 Å². The molecule has 0 saturated carbocycles. The monoisotopic (exact) mass is 277 g/mol. The lowest BCUT2D eigenvalue weighted by Gasteiger charge is -2.13. The number of ether oxygens (including phenoxy) is 1. The molecule has 0 radical (unpaired) electrons. The first-order valence-electron chi connectivity index (χ1n) is 5.47. The summed E-state index contributed by atoms with van der Waals surface area (Å²) in [5.74, 6) is 0.0156. The number of halogens is 1. The number of nitrogen functional groups attached to an aromatic ring is 1. The van der Waals surface area contributed by atoms with Crippen molar-refractivity contribution in [3.63, 3.8) is 0 Å². The normalized spacial score (nSPS) is 10.2. The number of amides is 1. The molecule has 0 saturated heterocycles. The topological polar surface area (TPSA) is 91.2 Å². The van der Waals surface area contributed by atoms with Crippen molar-refractivity contribution in [1.82, 2.24) is 4.98 Å². The van der Waals surface area contributed by atoms with E-state index >= 15 is 0 Å². The van der Waals surface area contributed by atoms with Crippen molar-refractivity contribution < 1.29 is 9.53 Å². The third-order valence-corrected chi connectivity index (χ3v) is 2.78. The summed E-state index contributed by atoms with van der Waals surface area (Å²) in [7, 11) is 0. The van der Waals surface area contributed by atoms with Gasteiger partial charge in [-0.3, -0.25) is 9.78 Å². The Morgan fingerprint density at radius 1 is 1.42 bits per heavy atom. The van der Waals surface area contributed by atoms with Gasteiger partial charge in [0, 0.05) is 11.9 Å². The summed E-state index contributed by atoms with van der Waals surface area (Å²) in [4.78, 5) is 15.5. The highest BCUT2D eigenvalue weighted by molar-refractivity contribution is 6.33. The van der Waals surface area contributed by atoms with Crippen LogP contribution in [-0.2, 0) is 0 Å². The lowest BCUT2D eigenvalue weighted by molar-refractivity contribution is 0.0998. The summed E-state index contributed by atoms with van der Waals surface area (Å²) in [6, 6.07) is 6.36. The van der Waals surface area contributed by atoms with Gasteiger partial charge in [0.05, 0.1) is 16.3 Å². The van der Waals surface area contributed by atoms with E-state index in [1.165, 1.54) is 12.1 Å². The Morgan fingerprint density at radius 2 is 2.16 bits per heavy atom. The molecule has 19 heavy (non-hydrogen) atoms. The number of primary amides is 1. The molecule has 0 aliphatic heterocycles. The maximum absolute atomic E-state index is 11.4. The van der Waals surface area contributed by atoms with E-state index in [-0.39, 0.29) is 16.3 Å². The zero-order valence-electron chi connectivity index (χ0n) is 10.2. The molecular weight excluding hydrogens is 266 g/mol.